The van der Waals surface area contributed by atoms with E-state index in [1.165, 1.54) is 24.0 Å². The molecule has 2 aromatic rings. The average molecular weight is 456 g/mol. The number of carbonyl (C=O) groups is 2. The van der Waals surface area contributed by atoms with E-state index in [4.69, 9.17) is 14.2 Å². The molecule has 0 saturated carbocycles. The molecule has 1 N–H and O–H groups in total. The van der Waals surface area contributed by atoms with Crippen molar-refractivity contribution in [2.75, 3.05) is 25.6 Å². The molecule has 0 bridgehead atoms. The van der Waals surface area contributed by atoms with Crippen LogP contribution in [0.15, 0.2) is 47.8 Å². The zero-order chi connectivity index (χ0) is 21.8. The molecule has 0 atom stereocenters. The zero-order valence-corrected chi connectivity index (χ0v) is 18.7. The molecule has 0 amide bonds. The van der Waals surface area contributed by atoms with Crippen LogP contribution < -0.4 is 10.1 Å². The van der Waals surface area contributed by atoms with Gasteiger partial charge in [0.25, 0.3) is 0 Å². The number of methoxy groups -OCH3 is 1. The molecule has 0 spiro atoms. The number of ether oxygens (including phenoxy) is 3. The first kappa shape index (κ1) is 21.1. The molecular formula is C23H21NO5S2. The van der Waals surface area contributed by atoms with Crippen LogP contribution in [0.4, 0.5) is 5.69 Å². The van der Waals surface area contributed by atoms with Gasteiger partial charge in [0.15, 0.2) is 17.2 Å². The minimum absolute atomic E-state index is 0.266. The summed E-state index contributed by atoms with van der Waals surface area (Å²) in [5.41, 5.74) is 3.26. The molecule has 0 fully saturated rings. The number of carbonyl (C=O) groups excluding carboxylic acids is 2. The Bertz CT molecular complexity index is 1180. The topological polar surface area (TPSA) is 73.9 Å². The summed E-state index contributed by atoms with van der Waals surface area (Å²) in [5, 5.41) is 6.30. The Labute approximate surface area is 187 Å². The van der Waals surface area contributed by atoms with Crippen molar-refractivity contribution in [2.45, 2.75) is 13.5 Å². The fourth-order valence-corrected chi connectivity index (χ4v) is 5.41. The molecule has 6 nitrogen and oxygen atoms in total. The average Bonchev–Trinajstić information content (AvgIpc) is 3.32. The van der Waals surface area contributed by atoms with Gasteiger partial charge in [-0.3, -0.25) is 0 Å². The van der Waals surface area contributed by atoms with E-state index in [-0.39, 0.29) is 13.2 Å². The summed E-state index contributed by atoms with van der Waals surface area (Å²) in [6, 6.07) is 14.3. The highest BCUT2D eigenvalue weighted by Gasteiger charge is 2.26. The Morgan fingerprint density at radius 1 is 1.13 bits per heavy atom. The molecule has 31 heavy (non-hydrogen) atoms. The van der Waals surface area contributed by atoms with E-state index < -0.39 is 11.9 Å². The maximum Gasteiger partial charge on any atom is 0.351 e. The fraction of sp³-hybridized carbons (Fsp3) is 0.217. The summed E-state index contributed by atoms with van der Waals surface area (Å²) in [7, 11) is 1.33. The monoisotopic (exact) mass is 455 g/mol. The minimum atomic E-state index is -0.487. The Balaban J connectivity index is 1.65. The van der Waals surface area contributed by atoms with E-state index in [2.05, 4.69) is 23.5 Å². The molecule has 0 saturated heterocycles. The van der Waals surface area contributed by atoms with Crippen molar-refractivity contribution in [1.29, 1.82) is 0 Å². The Kier molecular flexibility index (Phi) is 6.39. The SMILES string of the molecule is CCOC(=O)COc1c(C(=O)OC)sc2cc3cc(NCc4ccccc4)csc-3c12. The van der Waals surface area contributed by atoms with Gasteiger partial charge in [-0.1, -0.05) is 30.3 Å². The molecule has 1 aromatic heterocycles. The van der Waals surface area contributed by atoms with Crippen LogP contribution in [-0.2, 0) is 20.8 Å². The third-order valence-corrected chi connectivity index (χ3v) is 6.78. The summed E-state index contributed by atoms with van der Waals surface area (Å²) < 4.78 is 16.5. The molecule has 2 heterocycles. The summed E-state index contributed by atoms with van der Waals surface area (Å²) >= 11 is 2.86. The normalized spacial score (nSPS) is 10.9. The number of rotatable bonds is 8. The second-order valence-electron chi connectivity index (χ2n) is 6.69. The third-order valence-electron chi connectivity index (χ3n) is 4.63. The summed E-state index contributed by atoms with van der Waals surface area (Å²) in [4.78, 5) is 25.4. The second kappa shape index (κ2) is 9.36. The molecule has 1 aliphatic carbocycles. The van der Waals surface area contributed by atoms with Crippen LogP contribution in [0, 0.1) is 0 Å². The van der Waals surface area contributed by atoms with E-state index in [1.807, 2.05) is 29.6 Å². The van der Waals surface area contributed by atoms with Crippen LogP contribution in [0.1, 0.15) is 22.2 Å². The number of fused-ring (bicyclic) bond motifs is 3. The van der Waals surface area contributed by atoms with Crippen molar-refractivity contribution >= 4 is 50.4 Å². The molecule has 0 radical (unpaired) electrons. The molecule has 1 aliphatic heterocycles. The van der Waals surface area contributed by atoms with Crippen molar-refractivity contribution in [3.05, 3.63) is 58.3 Å². The van der Waals surface area contributed by atoms with Gasteiger partial charge in [-0.05, 0) is 30.2 Å². The van der Waals surface area contributed by atoms with Gasteiger partial charge in [0.05, 0.1) is 19.1 Å². The van der Waals surface area contributed by atoms with Crippen LogP contribution in [0.3, 0.4) is 0 Å². The van der Waals surface area contributed by atoms with Crippen molar-refractivity contribution in [1.82, 2.24) is 0 Å². The maximum atomic E-state index is 12.3. The number of esters is 2. The standard InChI is InChI=1S/C23H21NO5S2/c1-3-28-18(25)12-29-20-19-17(31-22(20)23(26)27-2)10-15-9-16(13-30-21(15)19)24-11-14-7-5-4-6-8-14/h4-10,13,24H,3,11-12H2,1-2H3. The van der Waals surface area contributed by atoms with E-state index in [0.29, 0.717) is 10.6 Å². The summed E-state index contributed by atoms with van der Waals surface area (Å²) in [6.07, 6.45) is 0. The lowest BCUT2D eigenvalue weighted by Crippen LogP contribution is -2.15. The number of nitrogens with one attached hydrogen (secondary N) is 1. The lowest BCUT2D eigenvalue weighted by molar-refractivity contribution is -0.145. The Hall–Kier alpha value is -3.10. The van der Waals surface area contributed by atoms with E-state index >= 15 is 0 Å². The largest absolute Gasteiger partial charge is 0.479 e. The molecule has 4 rings (SSSR count). The molecule has 1 aromatic carbocycles. The lowest BCUT2D eigenvalue weighted by atomic mass is 10.2. The third kappa shape index (κ3) is 4.50. The van der Waals surface area contributed by atoms with Gasteiger partial charge in [0.1, 0.15) is 0 Å². The van der Waals surface area contributed by atoms with Gasteiger partial charge >= 0.3 is 11.9 Å². The van der Waals surface area contributed by atoms with Gasteiger partial charge < -0.3 is 19.5 Å². The zero-order valence-electron chi connectivity index (χ0n) is 17.1. The van der Waals surface area contributed by atoms with Gasteiger partial charge in [0.2, 0.25) is 0 Å². The van der Waals surface area contributed by atoms with Crippen LogP contribution in [0.5, 0.6) is 5.75 Å². The van der Waals surface area contributed by atoms with Crippen LogP contribution in [0.25, 0.3) is 20.5 Å². The molecule has 8 heteroatoms. The number of anilines is 1. The number of thiophene rings is 1. The highest BCUT2D eigenvalue weighted by Crippen LogP contribution is 2.49. The van der Waals surface area contributed by atoms with Crippen LogP contribution in [-0.4, -0.2) is 32.3 Å². The first-order valence-corrected chi connectivity index (χ1v) is 11.4. The van der Waals surface area contributed by atoms with Crippen molar-refractivity contribution in [2.24, 2.45) is 0 Å². The van der Waals surface area contributed by atoms with Gasteiger partial charge in [-0.15, -0.1) is 22.7 Å². The quantitative estimate of drug-likeness (QED) is 0.358. The van der Waals surface area contributed by atoms with Crippen LogP contribution >= 0.6 is 22.7 Å². The highest BCUT2D eigenvalue weighted by molar-refractivity contribution is 7.22. The molecular weight excluding hydrogens is 434 g/mol. The van der Waals surface area contributed by atoms with Gasteiger partial charge in [-0.2, -0.15) is 0 Å². The first-order chi connectivity index (χ1) is 15.1. The minimum Gasteiger partial charge on any atom is -0.479 e. The molecule has 0 unspecified atom stereocenters. The first-order valence-electron chi connectivity index (χ1n) is 9.73. The van der Waals surface area contributed by atoms with Crippen molar-refractivity contribution in [3.63, 3.8) is 0 Å². The van der Waals surface area contributed by atoms with E-state index in [9.17, 15) is 9.59 Å². The highest BCUT2D eigenvalue weighted by atomic mass is 32.1. The fourth-order valence-electron chi connectivity index (χ4n) is 3.25. The van der Waals surface area contributed by atoms with Crippen molar-refractivity contribution < 1.29 is 23.8 Å². The van der Waals surface area contributed by atoms with Gasteiger partial charge in [-0.25, -0.2) is 9.59 Å². The number of hydrogen-bond acceptors (Lipinski definition) is 8. The molecule has 160 valence electrons. The van der Waals surface area contributed by atoms with Crippen LogP contribution in [0.2, 0.25) is 0 Å². The lowest BCUT2D eigenvalue weighted by Gasteiger charge is -2.10. The smallest absolute Gasteiger partial charge is 0.351 e. The van der Waals surface area contributed by atoms with E-state index in [1.54, 1.807) is 18.3 Å². The Morgan fingerprint density at radius 2 is 1.94 bits per heavy atom. The summed E-state index contributed by atoms with van der Waals surface area (Å²) in [5.74, 6) is -0.597. The predicted molar refractivity (Wildman–Crippen MR) is 124 cm³/mol. The van der Waals surface area contributed by atoms with Crippen molar-refractivity contribution in [3.8, 4) is 16.2 Å². The molecule has 2 aliphatic rings. The number of benzene rings is 1. The second-order valence-corrected chi connectivity index (χ2v) is 8.62. The van der Waals surface area contributed by atoms with E-state index in [0.717, 1.165) is 32.8 Å². The Morgan fingerprint density at radius 3 is 2.68 bits per heavy atom. The summed E-state index contributed by atoms with van der Waals surface area (Å²) in [6.45, 7) is 2.47. The predicted octanol–water partition coefficient (Wildman–Crippen LogP) is 5.41. The maximum absolute atomic E-state index is 12.3. The number of hydrogen-bond donors (Lipinski definition) is 1. The van der Waals surface area contributed by atoms with Gasteiger partial charge in [0, 0.05) is 27.2 Å².